The van der Waals surface area contributed by atoms with Crippen LogP contribution >= 0.6 is 0 Å². The van der Waals surface area contributed by atoms with E-state index < -0.39 is 5.97 Å². The van der Waals surface area contributed by atoms with Gasteiger partial charge in [-0.3, -0.25) is 0 Å². The Hall–Kier alpha value is -1.55. The quantitative estimate of drug-likeness (QED) is 0.808. The van der Waals surface area contributed by atoms with Crippen LogP contribution in [-0.4, -0.2) is 23.2 Å². The largest absolute Gasteiger partial charge is 0.482 e. The number of rotatable bonds is 7. The molecule has 0 saturated heterocycles. The molecule has 0 saturated carbocycles. The van der Waals surface area contributed by atoms with Crippen LogP contribution in [0.4, 0.5) is 0 Å². The van der Waals surface area contributed by atoms with E-state index >= 15 is 0 Å². The Kier molecular flexibility index (Phi) is 5.78. The lowest BCUT2D eigenvalue weighted by molar-refractivity contribution is -0.139. The number of aliphatic carboxylic acids is 1. The summed E-state index contributed by atoms with van der Waals surface area (Å²) in [5.74, 6) is -0.389. The number of carboxylic acid groups (broad SMARTS) is 1. The van der Waals surface area contributed by atoms with Gasteiger partial charge in [-0.2, -0.15) is 0 Å². The van der Waals surface area contributed by atoms with E-state index in [4.69, 9.17) is 9.84 Å². The van der Waals surface area contributed by atoms with Crippen LogP contribution in [0.1, 0.15) is 46.6 Å². The van der Waals surface area contributed by atoms with E-state index in [0.29, 0.717) is 5.75 Å². The van der Waals surface area contributed by atoms with Crippen molar-refractivity contribution in [2.75, 3.05) is 6.61 Å². The molecule has 1 aromatic carbocycles. The summed E-state index contributed by atoms with van der Waals surface area (Å²) in [7, 11) is 0. The molecule has 1 rings (SSSR count). The molecule has 0 aliphatic carbocycles. The fourth-order valence-electron chi connectivity index (χ4n) is 2.58. The van der Waals surface area contributed by atoms with Gasteiger partial charge in [0.2, 0.25) is 0 Å². The van der Waals surface area contributed by atoms with Crippen LogP contribution in [0.25, 0.3) is 0 Å². The maximum absolute atomic E-state index is 10.4. The van der Waals surface area contributed by atoms with Crippen LogP contribution in [0.2, 0.25) is 0 Å². The zero-order valence-electron chi connectivity index (χ0n) is 13.7. The van der Waals surface area contributed by atoms with Gasteiger partial charge in [-0.05, 0) is 43.4 Å². The third-order valence-corrected chi connectivity index (χ3v) is 3.03. The molecule has 1 aromatic rings. The van der Waals surface area contributed by atoms with Crippen molar-refractivity contribution < 1.29 is 14.6 Å². The summed E-state index contributed by atoms with van der Waals surface area (Å²) in [4.78, 5) is 10.4. The lowest BCUT2D eigenvalue weighted by atomic mass is 9.82. The summed E-state index contributed by atoms with van der Waals surface area (Å²) in [6.07, 6.45) is 1.08. The summed E-state index contributed by atoms with van der Waals surface area (Å²) in [6, 6.07) is 7.52. The Bertz CT molecular complexity index is 458. The number of hydrogen-bond acceptors (Lipinski definition) is 3. The number of ether oxygens (including phenoxy) is 1. The normalized spacial score (nSPS) is 12.2. The predicted molar refractivity (Wildman–Crippen MR) is 84.6 cm³/mol. The number of benzene rings is 1. The van der Waals surface area contributed by atoms with Gasteiger partial charge in [0.25, 0.3) is 0 Å². The molecule has 0 bridgehead atoms. The molecular formula is C17H27NO3. The topological polar surface area (TPSA) is 58.6 Å². The predicted octanol–water partition coefficient (Wildman–Crippen LogP) is 3.45. The van der Waals surface area contributed by atoms with Gasteiger partial charge in [0, 0.05) is 12.1 Å². The number of hydrogen-bond donors (Lipinski definition) is 2. The standard InChI is InChI=1S/C17H27NO3/c1-16(2,3)12-17(4,5)18-10-13-6-8-14(9-7-13)21-11-15(19)20/h6-9,18H,10-12H2,1-5H3,(H,19,20). The molecule has 0 unspecified atom stereocenters. The van der Waals surface area contributed by atoms with Gasteiger partial charge in [0.15, 0.2) is 6.61 Å². The van der Waals surface area contributed by atoms with Crippen LogP contribution in [0.5, 0.6) is 5.75 Å². The Morgan fingerprint density at radius 1 is 1.14 bits per heavy atom. The zero-order valence-corrected chi connectivity index (χ0v) is 13.7. The van der Waals surface area contributed by atoms with Crippen molar-refractivity contribution >= 4 is 5.97 Å². The van der Waals surface area contributed by atoms with Gasteiger partial charge in [-0.25, -0.2) is 4.79 Å². The fourth-order valence-corrected chi connectivity index (χ4v) is 2.58. The number of nitrogens with one attached hydrogen (secondary N) is 1. The molecule has 4 nitrogen and oxygen atoms in total. The summed E-state index contributed by atoms with van der Waals surface area (Å²) in [5, 5.41) is 12.1. The van der Waals surface area contributed by atoms with Crippen molar-refractivity contribution in [2.45, 2.75) is 53.1 Å². The number of carboxylic acids is 1. The highest BCUT2D eigenvalue weighted by atomic mass is 16.5. The first-order valence-electron chi connectivity index (χ1n) is 7.26. The maximum Gasteiger partial charge on any atom is 0.341 e. The van der Waals surface area contributed by atoms with Crippen LogP contribution in [0.3, 0.4) is 0 Å². The molecule has 0 aliphatic heterocycles. The molecule has 0 aliphatic rings. The summed E-state index contributed by atoms with van der Waals surface area (Å²) in [6.45, 7) is 11.6. The molecule has 0 radical (unpaired) electrons. The third kappa shape index (κ3) is 7.71. The van der Waals surface area contributed by atoms with E-state index in [2.05, 4.69) is 39.9 Å². The lowest BCUT2D eigenvalue weighted by Crippen LogP contribution is -2.41. The summed E-state index contributed by atoms with van der Waals surface area (Å²) in [5.41, 5.74) is 1.50. The van der Waals surface area contributed by atoms with E-state index in [-0.39, 0.29) is 17.6 Å². The van der Waals surface area contributed by atoms with Gasteiger partial charge in [-0.1, -0.05) is 32.9 Å². The minimum atomic E-state index is -0.968. The molecular weight excluding hydrogens is 266 g/mol. The van der Waals surface area contributed by atoms with E-state index in [0.717, 1.165) is 18.5 Å². The Morgan fingerprint density at radius 3 is 2.19 bits per heavy atom. The van der Waals surface area contributed by atoms with E-state index in [9.17, 15) is 4.79 Å². The van der Waals surface area contributed by atoms with Crippen molar-refractivity contribution in [1.82, 2.24) is 5.32 Å². The number of carbonyl (C=O) groups is 1. The molecule has 2 N–H and O–H groups in total. The van der Waals surface area contributed by atoms with E-state index in [1.165, 1.54) is 0 Å². The molecule has 0 spiro atoms. The fraction of sp³-hybridized carbons (Fsp3) is 0.588. The SMILES string of the molecule is CC(C)(C)CC(C)(C)NCc1ccc(OCC(=O)O)cc1. The Labute approximate surface area is 127 Å². The highest BCUT2D eigenvalue weighted by molar-refractivity contribution is 5.68. The van der Waals surface area contributed by atoms with Crippen LogP contribution in [0.15, 0.2) is 24.3 Å². The Morgan fingerprint density at radius 2 is 1.71 bits per heavy atom. The average molecular weight is 293 g/mol. The lowest BCUT2D eigenvalue weighted by Gasteiger charge is -2.33. The minimum Gasteiger partial charge on any atom is -0.482 e. The first kappa shape index (κ1) is 17.5. The van der Waals surface area contributed by atoms with Crippen molar-refractivity contribution in [3.05, 3.63) is 29.8 Å². The Balaban J connectivity index is 2.50. The van der Waals surface area contributed by atoms with E-state index in [1.807, 2.05) is 12.1 Å². The molecule has 0 aromatic heterocycles. The summed E-state index contributed by atoms with van der Waals surface area (Å²) < 4.78 is 5.11. The second-order valence-corrected chi connectivity index (χ2v) is 7.30. The molecule has 0 atom stereocenters. The maximum atomic E-state index is 10.4. The molecule has 21 heavy (non-hydrogen) atoms. The second kappa shape index (κ2) is 6.94. The van der Waals surface area contributed by atoms with E-state index in [1.54, 1.807) is 12.1 Å². The minimum absolute atomic E-state index is 0.0662. The van der Waals surface area contributed by atoms with Crippen LogP contribution in [0, 0.1) is 5.41 Å². The van der Waals surface area contributed by atoms with Gasteiger partial charge in [-0.15, -0.1) is 0 Å². The van der Waals surface area contributed by atoms with Gasteiger partial charge >= 0.3 is 5.97 Å². The smallest absolute Gasteiger partial charge is 0.341 e. The van der Waals surface area contributed by atoms with Crippen molar-refractivity contribution in [1.29, 1.82) is 0 Å². The first-order valence-corrected chi connectivity index (χ1v) is 7.26. The highest BCUT2D eigenvalue weighted by Gasteiger charge is 2.24. The molecule has 0 amide bonds. The van der Waals surface area contributed by atoms with Crippen molar-refractivity contribution in [3.63, 3.8) is 0 Å². The highest BCUT2D eigenvalue weighted by Crippen LogP contribution is 2.27. The third-order valence-electron chi connectivity index (χ3n) is 3.03. The van der Waals surface area contributed by atoms with Crippen LogP contribution < -0.4 is 10.1 Å². The van der Waals surface area contributed by atoms with Crippen molar-refractivity contribution in [2.24, 2.45) is 5.41 Å². The van der Waals surface area contributed by atoms with Crippen LogP contribution in [-0.2, 0) is 11.3 Å². The van der Waals surface area contributed by atoms with Gasteiger partial charge < -0.3 is 15.2 Å². The molecule has 0 fully saturated rings. The molecule has 4 heteroatoms. The second-order valence-electron chi connectivity index (χ2n) is 7.30. The van der Waals surface area contributed by atoms with Gasteiger partial charge in [0.1, 0.15) is 5.75 Å². The average Bonchev–Trinajstić information content (AvgIpc) is 2.32. The zero-order chi connectivity index (χ0) is 16.1. The molecule has 118 valence electrons. The molecule has 0 heterocycles. The first-order chi connectivity index (χ1) is 9.57. The van der Waals surface area contributed by atoms with Crippen molar-refractivity contribution in [3.8, 4) is 5.75 Å². The summed E-state index contributed by atoms with van der Waals surface area (Å²) >= 11 is 0. The monoisotopic (exact) mass is 293 g/mol. The van der Waals surface area contributed by atoms with Gasteiger partial charge in [0.05, 0.1) is 0 Å².